The highest BCUT2D eigenvalue weighted by Crippen LogP contribution is 2.43. The molecule has 2 aromatic carbocycles. The maximum atomic E-state index is 13.8. The van der Waals surface area contributed by atoms with E-state index in [0.717, 1.165) is 21.4 Å². The van der Waals surface area contributed by atoms with Crippen molar-refractivity contribution in [1.29, 1.82) is 0 Å². The second-order valence-corrected chi connectivity index (χ2v) is 7.51. The van der Waals surface area contributed by atoms with Gasteiger partial charge in [-0.05, 0) is 42.7 Å². The van der Waals surface area contributed by atoms with Crippen LogP contribution in [0.3, 0.4) is 0 Å². The molecule has 0 fully saturated rings. The fraction of sp³-hybridized carbons (Fsp3) is 0.273. The van der Waals surface area contributed by atoms with E-state index in [1.807, 2.05) is 32.0 Å². The van der Waals surface area contributed by atoms with Crippen molar-refractivity contribution < 1.29 is 18.0 Å². The van der Waals surface area contributed by atoms with E-state index in [1.54, 1.807) is 30.3 Å². The summed E-state index contributed by atoms with van der Waals surface area (Å²) in [7, 11) is 0. The zero-order valence-corrected chi connectivity index (χ0v) is 16.5. The Hall–Kier alpha value is -3.29. The smallest absolute Gasteiger partial charge is 0.363 e. The van der Waals surface area contributed by atoms with Crippen molar-refractivity contribution in [2.24, 2.45) is 0 Å². The van der Waals surface area contributed by atoms with Crippen LogP contribution in [0.15, 0.2) is 54.6 Å². The largest absolute Gasteiger partial charge is 0.410 e. The summed E-state index contributed by atoms with van der Waals surface area (Å²) in [5.41, 5.74) is 3.33. The number of nitrogens with one attached hydrogen (secondary N) is 2. The number of aromatic nitrogens is 2. The van der Waals surface area contributed by atoms with Gasteiger partial charge in [0.2, 0.25) is 0 Å². The van der Waals surface area contributed by atoms with Crippen LogP contribution >= 0.6 is 0 Å². The molecule has 1 aromatic heterocycles. The lowest BCUT2D eigenvalue weighted by Crippen LogP contribution is -2.35. The molecule has 2 heterocycles. The standard InChI is InChI=1S/C22H21F3N4O/c1-13-8-9-16(10-14(13)2)26-21(30)18-12-20-27-17(15-6-4-3-5-7-15)11-19(22(23,24)25)29(20)28-18/h3-10,12,17,19,27H,11H2,1-2H3,(H,26,30). The summed E-state index contributed by atoms with van der Waals surface area (Å²) >= 11 is 0. The monoisotopic (exact) mass is 414 g/mol. The van der Waals surface area contributed by atoms with Gasteiger partial charge in [0.15, 0.2) is 11.7 Å². The van der Waals surface area contributed by atoms with E-state index in [2.05, 4.69) is 15.7 Å². The summed E-state index contributed by atoms with van der Waals surface area (Å²) in [4.78, 5) is 12.6. The van der Waals surface area contributed by atoms with Crippen LogP contribution in [0.25, 0.3) is 0 Å². The highest BCUT2D eigenvalue weighted by Gasteiger charge is 2.46. The number of fused-ring (bicyclic) bond motifs is 1. The summed E-state index contributed by atoms with van der Waals surface area (Å²) in [6, 6.07) is 13.4. The molecular formula is C22H21F3N4O. The van der Waals surface area contributed by atoms with Crippen molar-refractivity contribution in [3.63, 3.8) is 0 Å². The maximum Gasteiger partial charge on any atom is 0.410 e. The zero-order chi connectivity index (χ0) is 21.5. The van der Waals surface area contributed by atoms with Gasteiger partial charge in [-0.2, -0.15) is 18.3 Å². The SMILES string of the molecule is Cc1ccc(NC(=O)c2cc3n(n2)C(C(F)(F)F)CC(c2ccccc2)N3)cc1C. The first-order valence-electron chi connectivity index (χ1n) is 9.59. The third-order valence-corrected chi connectivity index (χ3v) is 5.39. The Morgan fingerprint density at radius 2 is 1.83 bits per heavy atom. The van der Waals surface area contributed by atoms with Gasteiger partial charge in [-0.3, -0.25) is 4.79 Å². The summed E-state index contributed by atoms with van der Waals surface area (Å²) in [6.07, 6.45) is -4.70. The van der Waals surface area contributed by atoms with Crippen LogP contribution in [-0.4, -0.2) is 21.9 Å². The van der Waals surface area contributed by atoms with Gasteiger partial charge in [-0.15, -0.1) is 0 Å². The predicted octanol–water partition coefficient (Wildman–Crippen LogP) is 5.41. The van der Waals surface area contributed by atoms with E-state index >= 15 is 0 Å². The van der Waals surface area contributed by atoms with E-state index in [-0.39, 0.29) is 17.9 Å². The predicted molar refractivity (Wildman–Crippen MR) is 109 cm³/mol. The third kappa shape index (κ3) is 3.90. The molecule has 2 N–H and O–H groups in total. The minimum Gasteiger partial charge on any atom is -0.363 e. The van der Waals surface area contributed by atoms with Gasteiger partial charge in [0, 0.05) is 18.2 Å². The van der Waals surface area contributed by atoms with E-state index < -0.39 is 24.2 Å². The summed E-state index contributed by atoms with van der Waals surface area (Å²) in [5.74, 6) is -0.387. The topological polar surface area (TPSA) is 59.0 Å². The molecule has 8 heteroatoms. The molecule has 30 heavy (non-hydrogen) atoms. The molecule has 0 radical (unpaired) electrons. The second kappa shape index (κ2) is 7.51. The average molecular weight is 414 g/mol. The number of halogens is 3. The quantitative estimate of drug-likeness (QED) is 0.602. The van der Waals surface area contributed by atoms with Crippen molar-refractivity contribution >= 4 is 17.4 Å². The second-order valence-electron chi connectivity index (χ2n) is 7.51. The number of rotatable bonds is 3. The van der Waals surface area contributed by atoms with Gasteiger partial charge in [-0.25, -0.2) is 4.68 Å². The molecule has 5 nitrogen and oxygen atoms in total. The minimum atomic E-state index is -4.49. The molecule has 0 saturated carbocycles. The van der Waals surface area contributed by atoms with Crippen LogP contribution < -0.4 is 10.6 Å². The first kappa shape index (κ1) is 20.0. The fourth-order valence-corrected chi connectivity index (χ4v) is 3.60. The Morgan fingerprint density at radius 1 is 1.10 bits per heavy atom. The van der Waals surface area contributed by atoms with E-state index in [1.165, 1.54) is 6.07 Å². The van der Waals surface area contributed by atoms with Crippen molar-refractivity contribution in [1.82, 2.24) is 9.78 Å². The number of hydrogen-bond donors (Lipinski definition) is 2. The molecule has 0 saturated heterocycles. The fourth-order valence-electron chi connectivity index (χ4n) is 3.60. The van der Waals surface area contributed by atoms with Gasteiger partial charge < -0.3 is 10.6 Å². The zero-order valence-electron chi connectivity index (χ0n) is 16.5. The number of carbonyl (C=O) groups excluding carboxylic acids is 1. The molecule has 0 aliphatic carbocycles. The molecule has 0 bridgehead atoms. The normalized spacial score (nSPS) is 18.4. The highest BCUT2D eigenvalue weighted by atomic mass is 19.4. The van der Waals surface area contributed by atoms with Crippen LogP contribution in [-0.2, 0) is 0 Å². The van der Waals surface area contributed by atoms with Crippen molar-refractivity contribution in [2.45, 2.75) is 38.5 Å². The number of alkyl halides is 3. The van der Waals surface area contributed by atoms with Gasteiger partial charge in [0.1, 0.15) is 5.82 Å². The van der Waals surface area contributed by atoms with Gasteiger partial charge in [0.05, 0.1) is 6.04 Å². The number of aryl methyl sites for hydroxylation is 2. The van der Waals surface area contributed by atoms with Crippen molar-refractivity contribution in [3.05, 3.63) is 77.0 Å². The number of nitrogens with zero attached hydrogens (tertiary/aromatic N) is 2. The van der Waals surface area contributed by atoms with Crippen LogP contribution in [0, 0.1) is 13.8 Å². The van der Waals surface area contributed by atoms with E-state index in [9.17, 15) is 18.0 Å². The molecule has 156 valence electrons. The summed E-state index contributed by atoms with van der Waals surface area (Å²) < 4.78 is 42.1. The molecule has 0 spiro atoms. The highest BCUT2D eigenvalue weighted by molar-refractivity contribution is 6.03. The Labute approximate surface area is 171 Å². The van der Waals surface area contributed by atoms with E-state index in [4.69, 9.17) is 0 Å². The third-order valence-electron chi connectivity index (χ3n) is 5.39. The van der Waals surface area contributed by atoms with Crippen LogP contribution in [0.4, 0.5) is 24.7 Å². The van der Waals surface area contributed by atoms with Crippen molar-refractivity contribution in [3.8, 4) is 0 Å². The first-order valence-corrected chi connectivity index (χ1v) is 9.59. The summed E-state index contributed by atoms with van der Waals surface area (Å²) in [5, 5.41) is 9.78. The molecule has 1 aliphatic rings. The van der Waals surface area contributed by atoms with Crippen LogP contribution in [0.1, 0.15) is 45.7 Å². The molecule has 1 aliphatic heterocycles. The van der Waals surface area contributed by atoms with Gasteiger partial charge in [0.25, 0.3) is 5.91 Å². The van der Waals surface area contributed by atoms with E-state index in [0.29, 0.717) is 5.69 Å². The Bertz CT molecular complexity index is 1080. The van der Waals surface area contributed by atoms with Gasteiger partial charge in [-0.1, -0.05) is 36.4 Å². The number of carbonyl (C=O) groups is 1. The van der Waals surface area contributed by atoms with Crippen LogP contribution in [0.2, 0.25) is 0 Å². The Morgan fingerprint density at radius 3 is 2.50 bits per heavy atom. The molecule has 4 rings (SSSR count). The Kier molecular flexibility index (Phi) is 5.01. The maximum absolute atomic E-state index is 13.8. The molecular weight excluding hydrogens is 393 g/mol. The lowest BCUT2D eigenvalue weighted by Gasteiger charge is -2.33. The summed E-state index contributed by atoms with van der Waals surface area (Å²) in [6.45, 7) is 3.87. The number of hydrogen-bond acceptors (Lipinski definition) is 3. The average Bonchev–Trinajstić information content (AvgIpc) is 3.14. The lowest BCUT2D eigenvalue weighted by molar-refractivity contribution is -0.173. The molecule has 2 atom stereocenters. The number of anilines is 2. The van der Waals surface area contributed by atoms with Crippen LogP contribution in [0.5, 0.6) is 0 Å². The lowest BCUT2D eigenvalue weighted by atomic mass is 9.97. The number of benzene rings is 2. The molecule has 3 aromatic rings. The number of amides is 1. The minimum absolute atomic E-state index is 0.0707. The Balaban J connectivity index is 1.63. The molecule has 1 amide bonds. The van der Waals surface area contributed by atoms with Crippen molar-refractivity contribution in [2.75, 3.05) is 10.6 Å². The van der Waals surface area contributed by atoms with Gasteiger partial charge >= 0.3 is 6.18 Å². The first-order chi connectivity index (χ1) is 14.2. The molecule has 2 unspecified atom stereocenters.